The third kappa shape index (κ3) is 10.9. The third-order valence-electron chi connectivity index (χ3n) is 4.65. The van der Waals surface area contributed by atoms with Crippen molar-refractivity contribution in [1.82, 2.24) is 5.32 Å². The fourth-order valence-electron chi connectivity index (χ4n) is 3.06. The van der Waals surface area contributed by atoms with Gasteiger partial charge in [-0.3, -0.25) is 4.79 Å². The molecule has 0 aromatic carbocycles. The monoisotopic (exact) mass is 347 g/mol. The summed E-state index contributed by atoms with van der Waals surface area (Å²) in [4.78, 5) is 12.6. The molecule has 25 heavy (non-hydrogen) atoms. The van der Waals surface area contributed by atoms with Gasteiger partial charge in [0.15, 0.2) is 0 Å². The van der Waals surface area contributed by atoms with Gasteiger partial charge in [-0.05, 0) is 25.0 Å². The molecule has 0 aliphatic carbocycles. The van der Waals surface area contributed by atoms with Gasteiger partial charge in [0.1, 0.15) is 0 Å². The second-order valence-corrected chi connectivity index (χ2v) is 6.94. The molecular weight excluding hydrogens is 310 g/mol. The van der Waals surface area contributed by atoms with Crippen LogP contribution in [0.15, 0.2) is 36.4 Å². The van der Waals surface area contributed by atoms with Gasteiger partial charge in [0, 0.05) is 6.20 Å². The van der Waals surface area contributed by atoms with Crippen LogP contribution in [-0.2, 0) is 9.53 Å². The molecule has 0 fully saturated rings. The average molecular weight is 348 g/mol. The van der Waals surface area contributed by atoms with Gasteiger partial charge >= 0.3 is 5.97 Å². The number of carbonyl (C=O) groups excluding carboxylic acids is 1. The molecule has 1 aliphatic rings. The second kappa shape index (κ2) is 14.8. The van der Waals surface area contributed by atoms with Crippen molar-refractivity contribution >= 4 is 5.97 Å². The van der Waals surface area contributed by atoms with Crippen LogP contribution in [-0.4, -0.2) is 5.97 Å². The minimum absolute atomic E-state index is 0.0288. The summed E-state index contributed by atoms with van der Waals surface area (Å²) in [6.45, 7) is 4.44. The predicted molar refractivity (Wildman–Crippen MR) is 106 cm³/mol. The first-order valence-corrected chi connectivity index (χ1v) is 10.3. The maximum absolute atomic E-state index is 12.6. The van der Waals surface area contributed by atoms with Crippen molar-refractivity contribution in [1.29, 1.82) is 0 Å². The Bertz CT molecular complexity index is 437. The Hall–Kier alpha value is -1.51. The van der Waals surface area contributed by atoms with Crippen molar-refractivity contribution in [2.24, 2.45) is 5.92 Å². The molecule has 0 amide bonds. The van der Waals surface area contributed by atoms with Gasteiger partial charge in [-0.15, -0.1) is 0 Å². The fraction of sp³-hybridized carbons (Fsp3) is 0.682. The van der Waals surface area contributed by atoms with Crippen LogP contribution >= 0.6 is 0 Å². The van der Waals surface area contributed by atoms with Crippen LogP contribution in [0.1, 0.15) is 90.9 Å². The van der Waals surface area contributed by atoms with Gasteiger partial charge in [-0.2, -0.15) is 0 Å². The van der Waals surface area contributed by atoms with Gasteiger partial charge in [0.05, 0.1) is 5.92 Å². The second-order valence-electron chi connectivity index (χ2n) is 6.94. The van der Waals surface area contributed by atoms with Crippen LogP contribution in [0.5, 0.6) is 0 Å². The van der Waals surface area contributed by atoms with E-state index in [0.717, 1.165) is 25.7 Å². The van der Waals surface area contributed by atoms with Crippen molar-refractivity contribution in [2.75, 3.05) is 0 Å². The van der Waals surface area contributed by atoms with Gasteiger partial charge < -0.3 is 10.1 Å². The molecule has 0 saturated heterocycles. The summed E-state index contributed by atoms with van der Waals surface area (Å²) < 4.78 is 5.58. The normalized spacial score (nSPS) is 14.6. The molecule has 1 aliphatic heterocycles. The number of unbranched alkanes of at least 4 members (excludes halogenated alkanes) is 8. The average Bonchev–Trinajstić information content (AvgIpc) is 2.88. The highest BCUT2D eigenvalue weighted by atomic mass is 16.5. The number of esters is 1. The van der Waals surface area contributed by atoms with Gasteiger partial charge in [-0.25, -0.2) is 0 Å². The number of hydrogen-bond acceptors (Lipinski definition) is 3. The Morgan fingerprint density at radius 2 is 1.48 bits per heavy atom. The predicted octanol–water partition coefficient (Wildman–Crippen LogP) is 6.38. The molecule has 0 aromatic rings. The molecule has 1 heterocycles. The lowest BCUT2D eigenvalue weighted by molar-refractivity contribution is -0.145. The molecule has 0 aromatic heterocycles. The van der Waals surface area contributed by atoms with E-state index in [9.17, 15) is 4.79 Å². The molecule has 0 spiro atoms. The first kappa shape index (κ1) is 21.5. The third-order valence-corrected chi connectivity index (χ3v) is 4.65. The Labute approximate surface area is 154 Å². The van der Waals surface area contributed by atoms with Crippen LogP contribution in [0.4, 0.5) is 0 Å². The number of allylic oxidation sites excluding steroid dienone is 4. The summed E-state index contributed by atoms with van der Waals surface area (Å²) in [7, 11) is 0. The smallest absolute Gasteiger partial charge is 0.315 e. The SMILES string of the molecule is CCCCCCCCCC(CCCCC)C(=O)OC1=CC=CC=CN1. The van der Waals surface area contributed by atoms with Crippen LogP contribution in [0.2, 0.25) is 0 Å². The van der Waals surface area contributed by atoms with E-state index in [-0.39, 0.29) is 11.9 Å². The Balaban J connectivity index is 2.37. The summed E-state index contributed by atoms with van der Waals surface area (Å²) in [5, 5.41) is 3.01. The molecule has 1 rings (SSSR count). The molecule has 0 radical (unpaired) electrons. The number of hydrogen-bond donors (Lipinski definition) is 1. The van der Waals surface area contributed by atoms with E-state index in [2.05, 4.69) is 19.2 Å². The molecule has 1 atom stereocenters. The molecule has 1 N–H and O–H groups in total. The van der Waals surface area contributed by atoms with E-state index < -0.39 is 0 Å². The highest BCUT2D eigenvalue weighted by molar-refractivity contribution is 5.73. The van der Waals surface area contributed by atoms with Crippen molar-refractivity contribution < 1.29 is 9.53 Å². The number of ether oxygens (including phenoxy) is 1. The van der Waals surface area contributed by atoms with Crippen molar-refractivity contribution in [2.45, 2.75) is 90.9 Å². The lowest BCUT2D eigenvalue weighted by atomic mass is 9.94. The van der Waals surface area contributed by atoms with Crippen LogP contribution in [0.25, 0.3) is 0 Å². The summed E-state index contributed by atoms with van der Waals surface area (Å²) >= 11 is 0. The summed E-state index contributed by atoms with van der Waals surface area (Å²) in [6, 6.07) is 0. The fourth-order valence-corrected chi connectivity index (χ4v) is 3.06. The first-order valence-electron chi connectivity index (χ1n) is 10.3. The first-order chi connectivity index (χ1) is 12.3. The maximum Gasteiger partial charge on any atom is 0.315 e. The van der Waals surface area contributed by atoms with Gasteiger partial charge in [-0.1, -0.05) is 90.2 Å². The van der Waals surface area contributed by atoms with Gasteiger partial charge in [0.25, 0.3) is 0 Å². The van der Waals surface area contributed by atoms with Crippen LogP contribution in [0.3, 0.4) is 0 Å². The zero-order valence-electron chi connectivity index (χ0n) is 16.3. The van der Waals surface area contributed by atoms with Crippen LogP contribution < -0.4 is 5.32 Å². The highest BCUT2D eigenvalue weighted by Crippen LogP contribution is 2.21. The Morgan fingerprint density at radius 3 is 2.20 bits per heavy atom. The molecule has 0 bridgehead atoms. The minimum Gasteiger partial charge on any atom is -0.409 e. The largest absolute Gasteiger partial charge is 0.409 e. The van der Waals surface area contributed by atoms with E-state index in [0.29, 0.717) is 5.88 Å². The van der Waals surface area contributed by atoms with Crippen molar-refractivity contribution in [3.05, 3.63) is 36.4 Å². The Kier molecular flexibility index (Phi) is 12.7. The molecular formula is C22H37NO2. The van der Waals surface area contributed by atoms with E-state index in [1.165, 1.54) is 51.4 Å². The quantitative estimate of drug-likeness (QED) is 0.292. The highest BCUT2D eigenvalue weighted by Gasteiger charge is 2.20. The standard InChI is InChI=1S/C22H37NO2/c1-3-5-7-8-9-10-13-17-20(16-12-6-4-2)22(24)25-21-18-14-11-15-19-23-21/h11,14-15,18-20,23H,3-10,12-13,16-17H2,1-2H3. The molecule has 142 valence electrons. The number of rotatable bonds is 14. The van der Waals surface area contributed by atoms with E-state index in [1.54, 1.807) is 12.3 Å². The number of nitrogens with one attached hydrogen (secondary N) is 1. The van der Waals surface area contributed by atoms with Crippen LogP contribution in [0, 0.1) is 5.92 Å². The lowest BCUT2D eigenvalue weighted by Crippen LogP contribution is -2.21. The summed E-state index contributed by atoms with van der Waals surface area (Å²) in [5.41, 5.74) is 0. The zero-order valence-corrected chi connectivity index (χ0v) is 16.3. The van der Waals surface area contributed by atoms with E-state index in [4.69, 9.17) is 4.74 Å². The van der Waals surface area contributed by atoms with E-state index in [1.807, 2.05) is 18.2 Å². The number of carbonyl (C=O) groups is 1. The summed E-state index contributed by atoms with van der Waals surface area (Å²) in [6.07, 6.45) is 23.6. The molecule has 1 unspecified atom stereocenters. The minimum atomic E-state index is -0.0791. The molecule has 0 saturated carbocycles. The molecule has 3 nitrogen and oxygen atoms in total. The molecule has 3 heteroatoms. The van der Waals surface area contributed by atoms with Crippen molar-refractivity contribution in [3.63, 3.8) is 0 Å². The van der Waals surface area contributed by atoms with Gasteiger partial charge in [0.2, 0.25) is 5.88 Å². The summed E-state index contributed by atoms with van der Waals surface area (Å²) in [5.74, 6) is 0.473. The zero-order chi connectivity index (χ0) is 18.2. The lowest BCUT2D eigenvalue weighted by Gasteiger charge is -2.17. The van der Waals surface area contributed by atoms with Crippen molar-refractivity contribution in [3.8, 4) is 0 Å². The topological polar surface area (TPSA) is 38.3 Å². The maximum atomic E-state index is 12.6. The Morgan fingerprint density at radius 1 is 0.880 bits per heavy atom. The van der Waals surface area contributed by atoms with E-state index >= 15 is 0 Å².